The van der Waals surface area contributed by atoms with Gasteiger partial charge in [0.1, 0.15) is 17.0 Å². The summed E-state index contributed by atoms with van der Waals surface area (Å²) < 4.78 is 13.4. The van der Waals surface area contributed by atoms with E-state index in [4.69, 9.17) is 14.5 Å². The van der Waals surface area contributed by atoms with Crippen LogP contribution in [0.2, 0.25) is 0 Å². The molecule has 2 saturated heterocycles. The summed E-state index contributed by atoms with van der Waals surface area (Å²) in [5.74, 6) is -0.556. The Bertz CT molecular complexity index is 830. The van der Waals surface area contributed by atoms with Gasteiger partial charge < -0.3 is 19.0 Å². The molecule has 6 nitrogen and oxygen atoms in total. The summed E-state index contributed by atoms with van der Waals surface area (Å²) in [6.07, 6.45) is 7.65. The highest BCUT2D eigenvalue weighted by molar-refractivity contribution is 5.91. The van der Waals surface area contributed by atoms with E-state index in [1.165, 1.54) is 0 Å². The molecule has 4 aliphatic rings. The number of carbonyl (C=O) groups is 1. The van der Waals surface area contributed by atoms with E-state index >= 15 is 0 Å². The van der Waals surface area contributed by atoms with Gasteiger partial charge in [0.25, 0.3) is 0 Å². The van der Waals surface area contributed by atoms with Crippen molar-refractivity contribution in [2.24, 2.45) is 0 Å². The monoisotopic (exact) mass is 314 g/mol. The van der Waals surface area contributed by atoms with E-state index in [0.29, 0.717) is 12.4 Å². The number of ether oxygens (including phenoxy) is 2. The number of fused-ring (bicyclic) bond motifs is 2. The topological polar surface area (TPSA) is 73.1 Å². The molecule has 0 aromatic carbocycles. The van der Waals surface area contributed by atoms with Gasteiger partial charge in [0.15, 0.2) is 0 Å². The predicted octanol–water partition coefficient (Wildman–Crippen LogP) is 2.39. The molecule has 2 aliphatic carbocycles. The molecule has 4 heterocycles. The number of rotatable bonds is 4. The average molecular weight is 314 g/mol. The summed E-state index contributed by atoms with van der Waals surface area (Å²) in [5.41, 5.74) is 1.92. The van der Waals surface area contributed by atoms with Crippen molar-refractivity contribution in [3.05, 3.63) is 29.7 Å². The van der Waals surface area contributed by atoms with Gasteiger partial charge >= 0.3 is 5.97 Å². The van der Waals surface area contributed by atoms with Crippen molar-refractivity contribution in [2.75, 3.05) is 6.61 Å². The highest BCUT2D eigenvalue weighted by Gasteiger charge is 2.61. The first kappa shape index (κ1) is 13.4. The molecular formula is C17H18N2O4. The number of pyridine rings is 1. The van der Waals surface area contributed by atoms with Crippen molar-refractivity contribution in [3.63, 3.8) is 0 Å². The van der Waals surface area contributed by atoms with Gasteiger partial charge in [-0.25, -0.2) is 9.78 Å². The summed E-state index contributed by atoms with van der Waals surface area (Å²) >= 11 is 0. The zero-order valence-electron chi connectivity index (χ0n) is 12.9. The standard InChI is InChI=1S/C17H18N2O4/c1-16-7-17(8-16,9-22-16)13-6-19-5-11(15(20)21)12(4-14(19)18-13)23-10-2-3-10/h4-6,10H,2-3,7-9H2,1H3,(H,20,21). The fourth-order valence-corrected chi connectivity index (χ4v) is 4.05. The molecule has 0 radical (unpaired) electrons. The summed E-state index contributed by atoms with van der Waals surface area (Å²) in [7, 11) is 0. The van der Waals surface area contributed by atoms with Crippen molar-refractivity contribution < 1.29 is 19.4 Å². The summed E-state index contributed by atoms with van der Waals surface area (Å²) in [5, 5.41) is 9.44. The minimum Gasteiger partial charge on any atom is -0.489 e. The largest absolute Gasteiger partial charge is 0.489 e. The number of imidazole rings is 1. The van der Waals surface area contributed by atoms with Crippen molar-refractivity contribution in [1.29, 1.82) is 0 Å². The van der Waals surface area contributed by atoms with Crippen LogP contribution < -0.4 is 4.74 Å². The van der Waals surface area contributed by atoms with E-state index in [2.05, 4.69) is 6.92 Å². The van der Waals surface area contributed by atoms with Crippen molar-refractivity contribution in [3.8, 4) is 5.75 Å². The lowest BCUT2D eigenvalue weighted by Crippen LogP contribution is -2.45. The second-order valence-corrected chi connectivity index (χ2v) is 7.44. The Morgan fingerprint density at radius 3 is 2.83 bits per heavy atom. The van der Waals surface area contributed by atoms with Crippen molar-refractivity contribution in [2.45, 2.75) is 49.7 Å². The van der Waals surface area contributed by atoms with Crippen LogP contribution in [-0.2, 0) is 10.2 Å². The number of aromatic nitrogens is 2. The first-order chi connectivity index (χ1) is 11.0. The smallest absolute Gasteiger partial charge is 0.341 e. The summed E-state index contributed by atoms with van der Waals surface area (Å²) in [4.78, 5) is 16.2. The maximum atomic E-state index is 11.5. The molecule has 120 valence electrons. The van der Waals surface area contributed by atoms with E-state index in [9.17, 15) is 9.90 Å². The molecule has 23 heavy (non-hydrogen) atoms. The van der Waals surface area contributed by atoms with Crippen LogP contribution in [-0.4, -0.2) is 38.8 Å². The normalized spacial score (nSPS) is 32.0. The molecule has 2 aromatic heterocycles. The highest BCUT2D eigenvalue weighted by Crippen LogP contribution is 2.58. The Kier molecular flexibility index (Phi) is 2.36. The van der Waals surface area contributed by atoms with Gasteiger partial charge in [0.05, 0.1) is 24.0 Å². The number of carboxylic acid groups (broad SMARTS) is 1. The summed E-state index contributed by atoms with van der Waals surface area (Å²) in [6.45, 7) is 2.84. The molecule has 1 N–H and O–H groups in total. The van der Waals surface area contributed by atoms with Crippen LogP contribution in [0.15, 0.2) is 18.5 Å². The second kappa shape index (κ2) is 4.06. The molecule has 6 heteroatoms. The van der Waals surface area contributed by atoms with Crippen LogP contribution >= 0.6 is 0 Å². The van der Waals surface area contributed by atoms with Crippen LogP contribution in [0.25, 0.3) is 5.65 Å². The molecular weight excluding hydrogens is 296 g/mol. The van der Waals surface area contributed by atoms with Gasteiger partial charge in [-0.2, -0.15) is 0 Å². The second-order valence-electron chi connectivity index (χ2n) is 7.44. The van der Waals surface area contributed by atoms with Crippen molar-refractivity contribution in [1.82, 2.24) is 9.38 Å². The molecule has 0 amide bonds. The maximum absolute atomic E-state index is 11.5. The van der Waals surface area contributed by atoms with Gasteiger partial charge in [-0.1, -0.05) is 0 Å². The van der Waals surface area contributed by atoms with Gasteiger partial charge in [-0.05, 0) is 32.6 Å². The number of hydrogen-bond acceptors (Lipinski definition) is 4. The minimum absolute atomic E-state index is 0.00166. The van der Waals surface area contributed by atoms with Gasteiger partial charge in [-0.15, -0.1) is 0 Å². The van der Waals surface area contributed by atoms with Gasteiger partial charge in [0, 0.05) is 23.9 Å². The first-order valence-electron chi connectivity index (χ1n) is 8.04. The highest BCUT2D eigenvalue weighted by atomic mass is 16.5. The quantitative estimate of drug-likeness (QED) is 0.938. The van der Waals surface area contributed by atoms with E-state index in [1.54, 1.807) is 16.7 Å². The molecule has 2 aromatic rings. The maximum Gasteiger partial charge on any atom is 0.341 e. The Balaban J connectivity index is 1.58. The van der Waals surface area contributed by atoms with E-state index < -0.39 is 5.97 Å². The Morgan fingerprint density at radius 1 is 1.43 bits per heavy atom. The van der Waals surface area contributed by atoms with E-state index in [0.717, 1.165) is 37.0 Å². The van der Waals surface area contributed by atoms with E-state index in [-0.39, 0.29) is 22.7 Å². The summed E-state index contributed by atoms with van der Waals surface area (Å²) in [6, 6.07) is 1.75. The number of aromatic carboxylic acids is 1. The van der Waals surface area contributed by atoms with Gasteiger partial charge in [-0.3, -0.25) is 0 Å². The van der Waals surface area contributed by atoms with Crippen LogP contribution in [0, 0.1) is 0 Å². The predicted molar refractivity (Wildman–Crippen MR) is 81.1 cm³/mol. The average Bonchev–Trinajstić information content (AvgIpc) is 2.93. The molecule has 4 fully saturated rings. The SMILES string of the molecule is CC12CC(c3cn4cc(C(=O)O)c(OC5CC5)cc4n3)(CO1)C2. The number of nitrogens with zero attached hydrogens (tertiary/aromatic N) is 2. The molecule has 0 unspecified atom stereocenters. The van der Waals surface area contributed by atoms with Crippen molar-refractivity contribution >= 4 is 11.6 Å². The van der Waals surface area contributed by atoms with Crippen LogP contribution in [0.4, 0.5) is 0 Å². The van der Waals surface area contributed by atoms with Crippen LogP contribution in [0.5, 0.6) is 5.75 Å². The molecule has 0 spiro atoms. The lowest BCUT2D eigenvalue weighted by atomic mass is 9.62. The lowest BCUT2D eigenvalue weighted by Gasteiger charge is -2.41. The van der Waals surface area contributed by atoms with Gasteiger partial charge in [0.2, 0.25) is 0 Å². The fraction of sp³-hybridized carbons (Fsp3) is 0.529. The van der Waals surface area contributed by atoms with Crippen LogP contribution in [0.3, 0.4) is 0 Å². The zero-order valence-corrected chi connectivity index (χ0v) is 12.9. The fourth-order valence-electron chi connectivity index (χ4n) is 4.05. The zero-order chi connectivity index (χ0) is 15.8. The Hall–Kier alpha value is -2.08. The Morgan fingerprint density at radius 2 is 2.22 bits per heavy atom. The third kappa shape index (κ3) is 1.91. The molecule has 2 aliphatic heterocycles. The molecule has 2 bridgehead atoms. The first-order valence-corrected chi connectivity index (χ1v) is 8.04. The third-order valence-corrected chi connectivity index (χ3v) is 5.27. The van der Waals surface area contributed by atoms with Crippen LogP contribution in [0.1, 0.15) is 48.7 Å². The third-order valence-electron chi connectivity index (χ3n) is 5.27. The number of hydrogen-bond donors (Lipinski definition) is 1. The molecule has 0 atom stereocenters. The molecule has 6 rings (SSSR count). The minimum atomic E-state index is -0.976. The number of carboxylic acids is 1. The molecule has 2 saturated carbocycles. The lowest BCUT2D eigenvalue weighted by molar-refractivity contribution is 0.0154. The van der Waals surface area contributed by atoms with E-state index in [1.807, 2.05) is 6.20 Å². The Labute approximate surface area is 133 Å².